The fourth-order valence-electron chi connectivity index (χ4n) is 7.39. The number of para-hydroxylation sites is 3. The number of benzene rings is 7. The van der Waals surface area contributed by atoms with Crippen LogP contribution in [0.2, 0.25) is 0 Å². The van der Waals surface area contributed by atoms with E-state index in [1.807, 2.05) is 6.07 Å². The van der Waals surface area contributed by atoms with Crippen LogP contribution in [0.5, 0.6) is 11.5 Å². The molecule has 46 heavy (non-hydrogen) atoms. The lowest BCUT2D eigenvalue weighted by atomic mass is 9.72. The lowest BCUT2D eigenvalue weighted by Crippen LogP contribution is -2.34. The van der Waals surface area contributed by atoms with E-state index in [0.29, 0.717) is 0 Å². The standard InChI is InChI=1S/C43H32N2O/c1-43(2)35-16-8-9-17-36(35)45-37-18-10-11-19-39(37)46-40-27-26-38(41(43)42(40)45)44(34-25-22-30-14-6-7-15-32(30)28-34)33-23-20-31(21-24-33)29-12-4-3-5-13-29/h3-28H,1-2H3. The summed E-state index contributed by atoms with van der Waals surface area (Å²) in [5.41, 5.74) is 11.3. The Morgan fingerprint density at radius 1 is 0.522 bits per heavy atom. The number of hydrogen-bond donors (Lipinski definition) is 0. The average Bonchev–Trinajstić information content (AvgIpc) is 3.11. The zero-order valence-electron chi connectivity index (χ0n) is 25.8. The van der Waals surface area contributed by atoms with Gasteiger partial charge in [-0.2, -0.15) is 0 Å². The van der Waals surface area contributed by atoms with Crippen molar-refractivity contribution in [1.29, 1.82) is 0 Å². The van der Waals surface area contributed by atoms with Crippen LogP contribution in [0.3, 0.4) is 0 Å². The molecule has 9 rings (SSSR count). The minimum Gasteiger partial charge on any atom is -0.453 e. The van der Waals surface area contributed by atoms with Crippen LogP contribution in [0.15, 0.2) is 158 Å². The molecule has 7 aromatic carbocycles. The maximum atomic E-state index is 6.64. The smallest absolute Gasteiger partial charge is 0.152 e. The molecule has 7 aromatic rings. The third-order valence-electron chi connectivity index (χ3n) is 9.58. The summed E-state index contributed by atoms with van der Waals surface area (Å²) in [7, 11) is 0. The van der Waals surface area contributed by atoms with Crippen molar-refractivity contribution in [3.05, 3.63) is 169 Å². The van der Waals surface area contributed by atoms with Crippen molar-refractivity contribution in [3.8, 4) is 22.6 Å². The largest absolute Gasteiger partial charge is 0.453 e. The highest BCUT2D eigenvalue weighted by atomic mass is 16.5. The van der Waals surface area contributed by atoms with Gasteiger partial charge in [-0.05, 0) is 82.1 Å². The molecule has 0 saturated carbocycles. The SMILES string of the molecule is CC1(C)c2ccccc2N2c3ccccc3Oc3ccc(N(c4ccc(-c5ccccc5)cc4)c4ccc5ccccc5c4)c1c32. The highest BCUT2D eigenvalue weighted by Gasteiger charge is 2.44. The van der Waals surface area contributed by atoms with Gasteiger partial charge in [0.15, 0.2) is 11.5 Å². The lowest BCUT2D eigenvalue weighted by Gasteiger charge is -2.46. The molecule has 0 unspecified atom stereocenters. The summed E-state index contributed by atoms with van der Waals surface area (Å²) in [5.74, 6) is 1.74. The van der Waals surface area contributed by atoms with Crippen molar-refractivity contribution in [3.63, 3.8) is 0 Å². The second-order valence-electron chi connectivity index (χ2n) is 12.6. The van der Waals surface area contributed by atoms with E-state index >= 15 is 0 Å². The molecule has 3 heteroatoms. The Hall–Kier alpha value is -5.80. The van der Waals surface area contributed by atoms with E-state index in [1.54, 1.807) is 0 Å². The van der Waals surface area contributed by atoms with E-state index in [9.17, 15) is 0 Å². The van der Waals surface area contributed by atoms with Crippen LogP contribution in [-0.2, 0) is 5.41 Å². The number of anilines is 6. The van der Waals surface area contributed by atoms with Gasteiger partial charge in [-0.25, -0.2) is 0 Å². The molecule has 0 atom stereocenters. The van der Waals surface area contributed by atoms with Crippen LogP contribution >= 0.6 is 0 Å². The summed E-state index contributed by atoms with van der Waals surface area (Å²) in [4.78, 5) is 4.83. The van der Waals surface area contributed by atoms with Gasteiger partial charge in [0.1, 0.15) is 0 Å². The minimum absolute atomic E-state index is 0.317. The van der Waals surface area contributed by atoms with Gasteiger partial charge in [0.05, 0.1) is 22.7 Å². The molecular formula is C43H32N2O. The highest BCUT2D eigenvalue weighted by molar-refractivity contribution is 5.98. The maximum Gasteiger partial charge on any atom is 0.152 e. The minimum atomic E-state index is -0.317. The Bertz CT molecular complexity index is 2270. The van der Waals surface area contributed by atoms with Gasteiger partial charge in [-0.15, -0.1) is 0 Å². The Balaban J connectivity index is 1.31. The molecule has 2 aliphatic rings. The summed E-state index contributed by atoms with van der Waals surface area (Å²) >= 11 is 0. The van der Waals surface area contributed by atoms with Crippen LogP contribution in [-0.4, -0.2) is 0 Å². The van der Waals surface area contributed by atoms with Crippen molar-refractivity contribution >= 4 is 44.9 Å². The number of fused-ring (bicyclic) bond motifs is 5. The van der Waals surface area contributed by atoms with Gasteiger partial charge < -0.3 is 14.5 Å². The average molecular weight is 593 g/mol. The Morgan fingerprint density at radius 3 is 2.00 bits per heavy atom. The predicted molar refractivity (Wildman–Crippen MR) is 191 cm³/mol. The topological polar surface area (TPSA) is 15.7 Å². The lowest BCUT2D eigenvalue weighted by molar-refractivity contribution is 0.471. The molecule has 0 saturated heterocycles. The fourth-order valence-corrected chi connectivity index (χ4v) is 7.39. The third-order valence-corrected chi connectivity index (χ3v) is 9.58. The van der Waals surface area contributed by atoms with Gasteiger partial charge in [0.2, 0.25) is 0 Å². The normalized spacial score (nSPS) is 13.7. The van der Waals surface area contributed by atoms with Crippen molar-refractivity contribution in [2.24, 2.45) is 0 Å². The quantitative estimate of drug-likeness (QED) is 0.202. The van der Waals surface area contributed by atoms with Gasteiger partial charge in [0, 0.05) is 22.4 Å². The maximum absolute atomic E-state index is 6.64. The van der Waals surface area contributed by atoms with Crippen LogP contribution in [0.25, 0.3) is 21.9 Å². The van der Waals surface area contributed by atoms with Crippen molar-refractivity contribution < 1.29 is 4.74 Å². The molecule has 0 N–H and O–H groups in total. The monoisotopic (exact) mass is 592 g/mol. The van der Waals surface area contributed by atoms with E-state index in [0.717, 1.165) is 39.9 Å². The first-order chi connectivity index (χ1) is 22.6. The molecule has 0 bridgehead atoms. The number of hydrogen-bond acceptors (Lipinski definition) is 3. The van der Waals surface area contributed by atoms with Gasteiger partial charge >= 0.3 is 0 Å². The summed E-state index contributed by atoms with van der Waals surface area (Å²) < 4.78 is 6.64. The molecule has 0 aliphatic carbocycles. The third kappa shape index (κ3) is 3.98. The molecule has 0 radical (unpaired) electrons. The van der Waals surface area contributed by atoms with Gasteiger partial charge in [-0.3, -0.25) is 0 Å². The Labute approximate surface area is 269 Å². The number of ether oxygens (including phenoxy) is 1. The molecule has 220 valence electrons. The van der Waals surface area contributed by atoms with E-state index in [4.69, 9.17) is 4.74 Å². The van der Waals surface area contributed by atoms with Crippen molar-refractivity contribution in [2.75, 3.05) is 9.80 Å². The number of nitrogens with zero attached hydrogens (tertiary/aromatic N) is 2. The van der Waals surface area contributed by atoms with E-state index in [2.05, 4.69) is 175 Å². The summed E-state index contributed by atoms with van der Waals surface area (Å²) in [6.07, 6.45) is 0. The van der Waals surface area contributed by atoms with Crippen LogP contribution < -0.4 is 14.5 Å². The van der Waals surface area contributed by atoms with E-state index in [-0.39, 0.29) is 5.41 Å². The van der Waals surface area contributed by atoms with Gasteiger partial charge in [-0.1, -0.05) is 117 Å². The summed E-state index contributed by atoms with van der Waals surface area (Å²) in [5, 5.41) is 2.43. The molecule has 2 aliphatic heterocycles. The van der Waals surface area contributed by atoms with E-state index in [1.165, 1.54) is 38.7 Å². The Kier molecular flexibility index (Phi) is 5.85. The summed E-state index contributed by atoms with van der Waals surface area (Å²) in [6.45, 7) is 4.69. The molecule has 0 fully saturated rings. The van der Waals surface area contributed by atoms with Crippen molar-refractivity contribution in [2.45, 2.75) is 19.3 Å². The van der Waals surface area contributed by atoms with Crippen LogP contribution in [0.4, 0.5) is 34.1 Å². The second-order valence-corrected chi connectivity index (χ2v) is 12.6. The highest BCUT2D eigenvalue weighted by Crippen LogP contribution is 2.62. The van der Waals surface area contributed by atoms with Crippen LogP contribution in [0.1, 0.15) is 25.0 Å². The first-order valence-corrected chi connectivity index (χ1v) is 15.9. The first kappa shape index (κ1) is 26.6. The second kappa shape index (κ2) is 10.1. The van der Waals surface area contributed by atoms with Crippen molar-refractivity contribution in [1.82, 2.24) is 0 Å². The molecular weight excluding hydrogens is 560 g/mol. The molecule has 2 heterocycles. The molecule has 0 amide bonds. The molecule has 0 spiro atoms. The van der Waals surface area contributed by atoms with Crippen LogP contribution in [0, 0.1) is 0 Å². The van der Waals surface area contributed by atoms with Gasteiger partial charge in [0.25, 0.3) is 0 Å². The Morgan fingerprint density at radius 2 is 1.17 bits per heavy atom. The summed E-state index contributed by atoms with van der Waals surface area (Å²) in [6, 6.07) is 56.4. The predicted octanol–water partition coefficient (Wildman–Crippen LogP) is 12.2. The first-order valence-electron chi connectivity index (χ1n) is 15.9. The number of rotatable bonds is 4. The molecule has 3 nitrogen and oxygen atoms in total. The van der Waals surface area contributed by atoms with E-state index < -0.39 is 0 Å². The zero-order valence-corrected chi connectivity index (χ0v) is 25.8. The molecule has 0 aromatic heterocycles. The zero-order chi connectivity index (χ0) is 30.8. The fraction of sp³-hybridized carbons (Fsp3) is 0.0698.